The normalized spacial score (nSPS) is 25.5. The van der Waals surface area contributed by atoms with Gasteiger partial charge in [0.1, 0.15) is 6.04 Å². The van der Waals surface area contributed by atoms with Crippen LogP contribution in [0.2, 0.25) is 0 Å². The van der Waals surface area contributed by atoms with Gasteiger partial charge in [0.05, 0.1) is 6.54 Å². The summed E-state index contributed by atoms with van der Waals surface area (Å²) in [5.41, 5.74) is 2.70. The molecule has 21 heavy (non-hydrogen) atoms. The molecule has 2 amide bonds. The van der Waals surface area contributed by atoms with Crippen LogP contribution in [0.4, 0.5) is 0 Å². The molecule has 1 saturated heterocycles. The van der Waals surface area contributed by atoms with E-state index in [1.165, 1.54) is 11.1 Å². The van der Waals surface area contributed by atoms with Gasteiger partial charge in [-0.2, -0.15) is 0 Å². The summed E-state index contributed by atoms with van der Waals surface area (Å²) >= 11 is 0. The Morgan fingerprint density at radius 2 is 2.00 bits per heavy atom. The Hall–Kier alpha value is -1.84. The van der Waals surface area contributed by atoms with Crippen LogP contribution in [0.25, 0.3) is 0 Å². The molecule has 1 aromatic rings. The second kappa shape index (κ2) is 5.88. The molecule has 0 spiro atoms. The minimum absolute atomic E-state index is 0.0214. The highest BCUT2D eigenvalue weighted by molar-refractivity contribution is 5.95. The van der Waals surface area contributed by atoms with Crippen LogP contribution >= 0.6 is 0 Å². The first-order chi connectivity index (χ1) is 10.2. The molecule has 0 saturated carbocycles. The SMILES string of the molecule is CCCC1NC(=O)CN(C2CCc3ccccc3C2)C1=O. The molecular weight excluding hydrogens is 264 g/mol. The maximum Gasteiger partial charge on any atom is 0.245 e. The van der Waals surface area contributed by atoms with Gasteiger partial charge in [-0.05, 0) is 36.8 Å². The fourth-order valence-electron chi connectivity index (χ4n) is 3.47. The smallest absolute Gasteiger partial charge is 0.245 e. The van der Waals surface area contributed by atoms with Crippen LogP contribution in [-0.4, -0.2) is 35.3 Å². The van der Waals surface area contributed by atoms with Gasteiger partial charge in [-0.15, -0.1) is 0 Å². The molecule has 2 unspecified atom stereocenters. The van der Waals surface area contributed by atoms with Gasteiger partial charge in [-0.3, -0.25) is 9.59 Å². The zero-order valence-electron chi connectivity index (χ0n) is 12.5. The van der Waals surface area contributed by atoms with E-state index in [1.54, 1.807) is 0 Å². The predicted octanol–water partition coefficient (Wildman–Crippen LogP) is 1.67. The van der Waals surface area contributed by atoms with Crippen LogP contribution in [0.15, 0.2) is 24.3 Å². The van der Waals surface area contributed by atoms with Crippen LogP contribution in [0.1, 0.15) is 37.3 Å². The van der Waals surface area contributed by atoms with Gasteiger partial charge < -0.3 is 10.2 Å². The topological polar surface area (TPSA) is 49.4 Å². The summed E-state index contributed by atoms with van der Waals surface area (Å²) < 4.78 is 0. The van der Waals surface area contributed by atoms with Gasteiger partial charge in [0.25, 0.3) is 0 Å². The lowest BCUT2D eigenvalue weighted by Gasteiger charge is -2.40. The summed E-state index contributed by atoms with van der Waals surface area (Å²) in [6.07, 6.45) is 4.44. The van der Waals surface area contributed by atoms with Crippen molar-refractivity contribution in [2.45, 2.75) is 51.1 Å². The molecule has 1 aromatic carbocycles. The summed E-state index contributed by atoms with van der Waals surface area (Å²) in [6.45, 7) is 2.25. The van der Waals surface area contributed by atoms with Crippen LogP contribution in [0, 0.1) is 0 Å². The number of amides is 2. The van der Waals surface area contributed by atoms with Crippen molar-refractivity contribution in [1.29, 1.82) is 0 Å². The minimum Gasteiger partial charge on any atom is -0.343 e. The fraction of sp³-hybridized carbons (Fsp3) is 0.529. The van der Waals surface area contributed by atoms with Crippen molar-refractivity contribution in [3.05, 3.63) is 35.4 Å². The molecule has 4 nitrogen and oxygen atoms in total. The standard InChI is InChI=1S/C17H22N2O2/c1-2-5-15-17(21)19(11-16(20)18-15)14-9-8-12-6-3-4-7-13(12)10-14/h3-4,6-7,14-15H,2,5,8-11H2,1H3,(H,18,20). The number of hydrogen-bond donors (Lipinski definition) is 1. The van der Waals surface area contributed by atoms with Crippen LogP contribution in [-0.2, 0) is 22.4 Å². The monoisotopic (exact) mass is 286 g/mol. The van der Waals surface area contributed by atoms with E-state index in [0.29, 0.717) is 0 Å². The fourth-order valence-corrected chi connectivity index (χ4v) is 3.47. The second-order valence-corrected chi connectivity index (χ2v) is 6.04. The number of hydrogen-bond acceptors (Lipinski definition) is 2. The van der Waals surface area contributed by atoms with Gasteiger partial charge in [0.2, 0.25) is 11.8 Å². The third kappa shape index (κ3) is 2.80. The van der Waals surface area contributed by atoms with Crippen LogP contribution in [0.3, 0.4) is 0 Å². The van der Waals surface area contributed by atoms with E-state index >= 15 is 0 Å². The molecule has 4 heteroatoms. The Labute approximate surface area is 125 Å². The molecule has 1 aliphatic carbocycles. The average Bonchev–Trinajstić information content (AvgIpc) is 2.50. The van der Waals surface area contributed by atoms with Crippen molar-refractivity contribution in [2.75, 3.05) is 6.54 Å². The number of nitrogens with one attached hydrogen (secondary N) is 1. The summed E-state index contributed by atoms with van der Waals surface area (Å²) in [5, 5.41) is 2.83. The van der Waals surface area contributed by atoms with Crippen molar-refractivity contribution < 1.29 is 9.59 Å². The molecule has 0 aromatic heterocycles. The summed E-state index contributed by atoms with van der Waals surface area (Å²) in [5.74, 6) is 0.0766. The molecule has 1 N–H and O–H groups in total. The van der Waals surface area contributed by atoms with Gasteiger partial charge in [-0.25, -0.2) is 0 Å². The number of nitrogens with zero attached hydrogens (tertiary/aromatic N) is 1. The Morgan fingerprint density at radius 1 is 1.24 bits per heavy atom. The van der Waals surface area contributed by atoms with Gasteiger partial charge in [-0.1, -0.05) is 37.6 Å². The number of carbonyl (C=O) groups is 2. The zero-order valence-corrected chi connectivity index (χ0v) is 12.5. The Bertz CT molecular complexity index is 555. The van der Waals surface area contributed by atoms with Crippen LogP contribution in [0.5, 0.6) is 0 Å². The van der Waals surface area contributed by atoms with Gasteiger partial charge >= 0.3 is 0 Å². The number of carbonyl (C=O) groups excluding carboxylic acids is 2. The summed E-state index contributed by atoms with van der Waals surface area (Å²) in [4.78, 5) is 26.3. The molecule has 0 bridgehead atoms. The summed E-state index contributed by atoms with van der Waals surface area (Å²) in [6, 6.07) is 8.25. The first-order valence-corrected chi connectivity index (χ1v) is 7.85. The number of benzene rings is 1. The van der Waals surface area contributed by atoms with E-state index in [9.17, 15) is 9.59 Å². The highest BCUT2D eigenvalue weighted by Gasteiger charge is 2.37. The van der Waals surface area contributed by atoms with Crippen molar-refractivity contribution in [2.24, 2.45) is 0 Å². The Morgan fingerprint density at radius 3 is 2.76 bits per heavy atom. The number of aryl methyl sites for hydroxylation is 1. The van der Waals surface area contributed by atoms with Gasteiger partial charge in [0.15, 0.2) is 0 Å². The van der Waals surface area contributed by atoms with Crippen molar-refractivity contribution in [1.82, 2.24) is 10.2 Å². The number of rotatable bonds is 3. The molecule has 2 atom stereocenters. The quantitative estimate of drug-likeness (QED) is 0.919. The molecule has 1 heterocycles. The van der Waals surface area contributed by atoms with Gasteiger partial charge in [0, 0.05) is 6.04 Å². The van der Waals surface area contributed by atoms with Crippen molar-refractivity contribution in [3.63, 3.8) is 0 Å². The van der Waals surface area contributed by atoms with E-state index in [1.807, 2.05) is 17.9 Å². The Kier molecular flexibility index (Phi) is 3.95. The lowest BCUT2D eigenvalue weighted by Crippen LogP contribution is -2.61. The maximum atomic E-state index is 12.6. The molecule has 0 radical (unpaired) electrons. The molecule has 3 rings (SSSR count). The average molecular weight is 286 g/mol. The third-order valence-corrected chi connectivity index (χ3v) is 4.57. The Balaban J connectivity index is 1.77. The molecule has 1 aliphatic heterocycles. The van der Waals surface area contributed by atoms with E-state index in [-0.39, 0.29) is 30.4 Å². The molecule has 112 valence electrons. The summed E-state index contributed by atoms with van der Waals surface area (Å²) in [7, 11) is 0. The zero-order chi connectivity index (χ0) is 14.8. The van der Waals surface area contributed by atoms with Crippen molar-refractivity contribution in [3.8, 4) is 0 Å². The third-order valence-electron chi connectivity index (χ3n) is 4.57. The first kappa shape index (κ1) is 14.1. The largest absolute Gasteiger partial charge is 0.343 e. The lowest BCUT2D eigenvalue weighted by atomic mass is 9.87. The van der Waals surface area contributed by atoms with E-state index < -0.39 is 0 Å². The highest BCUT2D eigenvalue weighted by atomic mass is 16.2. The number of piperazine rings is 1. The van der Waals surface area contributed by atoms with E-state index in [0.717, 1.165) is 32.1 Å². The number of fused-ring (bicyclic) bond motifs is 1. The first-order valence-electron chi connectivity index (χ1n) is 7.85. The van der Waals surface area contributed by atoms with Crippen LogP contribution < -0.4 is 5.32 Å². The molecular formula is C17H22N2O2. The van der Waals surface area contributed by atoms with E-state index in [4.69, 9.17) is 0 Å². The lowest BCUT2D eigenvalue weighted by molar-refractivity contribution is -0.147. The van der Waals surface area contributed by atoms with E-state index in [2.05, 4.69) is 23.5 Å². The predicted molar refractivity (Wildman–Crippen MR) is 80.8 cm³/mol. The molecule has 1 fully saturated rings. The molecule has 2 aliphatic rings. The van der Waals surface area contributed by atoms with Crippen molar-refractivity contribution >= 4 is 11.8 Å². The second-order valence-electron chi connectivity index (χ2n) is 6.04. The maximum absolute atomic E-state index is 12.6. The highest BCUT2D eigenvalue weighted by Crippen LogP contribution is 2.26. The minimum atomic E-state index is -0.326.